The second-order valence-electron chi connectivity index (χ2n) is 2.93. The molecular formula is C10H6FIN2O. The fraction of sp³-hybridized carbons (Fsp3) is 0.100. The van der Waals surface area contributed by atoms with E-state index in [2.05, 4.69) is 0 Å². The van der Waals surface area contributed by atoms with E-state index in [4.69, 9.17) is 10.00 Å². The van der Waals surface area contributed by atoms with E-state index >= 15 is 0 Å². The van der Waals surface area contributed by atoms with Crippen LogP contribution in [0.4, 0.5) is 4.39 Å². The number of nitriles is 1. The highest BCUT2D eigenvalue weighted by molar-refractivity contribution is 14.1. The summed E-state index contributed by atoms with van der Waals surface area (Å²) in [5, 5.41) is 9.45. The predicted molar refractivity (Wildman–Crippen MR) is 62.6 cm³/mol. The zero-order chi connectivity index (χ0) is 11.0. The van der Waals surface area contributed by atoms with Crippen LogP contribution < -0.4 is 4.74 Å². The number of nitrogens with zero attached hydrogens (tertiary/aromatic N) is 2. The summed E-state index contributed by atoms with van der Waals surface area (Å²) in [5.74, 6) is 0.208. The van der Waals surface area contributed by atoms with Gasteiger partial charge in [-0.3, -0.25) is 2.78 Å². The van der Waals surface area contributed by atoms with Crippen LogP contribution in [0.3, 0.4) is 0 Å². The molecule has 5 heteroatoms. The van der Waals surface area contributed by atoms with Crippen molar-refractivity contribution in [3.63, 3.8) is 0 Å². The van der Waals surface area contributed by atoms with Crippen LogP contribution in [0.1, 0.15) is 5.69 Å². The molecule has 0 fully saturated rings. The monoisotopic (exact) mass is 316 g/mol. The maximum atomic E-state index is 13.5. The van der Waals surface area contributed by atoms with Crippen molar-refractivity contribution in [2.45, 2.75) is 0 Å². The summed E-state index contributed by atoms with van der Waals surface area (Å²) in [6, 6.07) is 6.49. The maximum absolute atomic E-state index is 13.5. The first-order valence-electron chi connectivity index (χ1n) is 4.13. The van der Waals surface area contributed by atoms with Crippen molar-refractivity contribution >= 4 is 33.8 Å². The van der Waals surface area contributed by atoms with Gasteiger partial charge in [-0.15, -0.1) is 0 Å². The van der Waals surface area contributed by atoms with Gasteiger partial charge in [0.25, 0.3) is 0 Å². The molecule has 1 aromatic heterocycles. The molecule has 0 saturated heterocycles. The zero-order valence-electron chi connectivity index (χ0n) is 7.79. The zero-order valence-corrected chi connectivity index (χ0v) is 9.95. The van der Waals surface area contributed by atoms with Crippen molar-refractivity contribution in [2.75, 3.05) is 7.11 Å². The summed E-state index contributed by atoms with van der Waals surface area (Å²) in [5.41, 5.74) is 0.778. The topological polar surface area (TPSA) is 37.9 Å². The third-order valence-corrected chi connectivity index (χ3v) is 3.15. The van der Waals surface area contributed by atoms with Crippen LogP contribution in [-0.4, -0.2) is 9.89 Å². The standard InChI is InChI=1S/C10H6FIN2O/c1-15-9-3-2-8(11)10-7(9)4-6(5-13)14(10)12/h2-4H,1H3. The van der Waals surface area contributed by atoms with Crippen LogP contribution in [0.15, 0.2) is 18.2 Å². The van der Waals surface area contributed by atoms with Gasteiger partial charge in [0.15, 0.2) is 0 Å². The molecule has 3 nitrogen and oxygen atoms in total. The second-order valence-corrected chi connectivity index (χ2v) is 3.90. The normalized spacial score (nSPS) is 10.3. The fourth-order valence-corrected chi connectivity index (χ4v) is 2.21. The van der Waals surface area contributed by atoms with Crippen LogP contribution in [0, 0.1) is 17.1 Å². The number of hydrogen-bond acceptors (Lipinski definition) is 2. The minimum Gasteiger partial charge on any atom is -0.496 e. The van der Waals surface area contributed by atoms with Crippen LogP contribution >= 0.6 is 22.9 Å². The first kappa shape index (κ1) is 10.2. The van der Waals surface area contributed by atoms with Crippen LogP contribution in [0.2, 0.25) is 0 Å². The van der Waals surface area contributed by atoms with Crippen LogP contribution in [-0.2, 0) is 0 Å². The lowest BCUT2D eigenvalue weighted by Gasteiger charge is -2.02. The average Bonchev–Trinajstić information content (AvgIpc) is 2.57. The molecule has 76 valence electrons. The third kappa shape index (κ3) is 1.45. The van der Waals surface area contributed by atoms with Crippen molar-refractivity contribution in [1.29, 1.82) is 5.26 Å². The van der Waals surface area contributed by atoms with Gasteiger partial charge in [-0.2, -0.15) is 5.26 Å². The van der Waals surface area contributed by atoms with Crippen LogP contribution in [0.25, 0.3) is 10.9 Å². The van der Waals surface area contributed by atoms with Gasteiger partial charge in [-0.25, -0.2) is 4.39 Å². The number of fused-ring (bicyclic) bond motifs is 1. The van der Waals surface area contributed by atoms with Gasteiger partial charge in [0.2, 0.25) is 0 Å². The van der Waals surface area contributed by atoms with Gasteiger partial charge in [-0.05, 0) is 18.2 Å². The molecule has 0 spiro atoms. The smallest absolute Gasteiger partial charge is 0.148 e. The molecule has 15 heavy (non-hydrogen) atoms. The Morgan fingerprint density at radius 1 is 1.53 bits per heavy atom. The Morgan fingerprint density at radius 2 is 2.27 bits per heavy atom. The van der Waals surface area contributed by atoms with E-state index in [0.29, 0.717) is 22.3 Å². The molecule has 0 unspecified atom stereocenters. The molecule has 1 heterocycles. The van der Waals surface area contributed by atoms with E-state index in [1.54, 1.807) is 12.1 Å². The number of methoxy groups -OCH3 is 1. The van der Waals surface area contributed by atoms with E-state index in [9.17, 15) is 4.39 Å². The molecule has 0 amide bonds. The Hall–Kier alpha value is -1.29. The van der Waals surface area contributed by atoms with E-state index < -0.39 is 0 Å². The lowest BCUT2D eigenvalue weighted by molar-refractivity contribution is 0.419. The Balaban J connectivity index is 2.93. The largest absolute Gasteiger partial charge is 0.496 e. The average molecular weight is 316 g/mol. The Bertz CT molecular complexity index is 571. The van der Waals surface area contributed by atoms with E-state index in [0.717, 1.165) is 0 Å². The summed E-state index contributed by atoms with van der Waals surface area (Å²) in [6.45, 7) is 0. The predicted octanol–water partition coefficient (Wildman–Crippen LogP) is 2.86. The lowest BCUT2D eigenvalue weighted by Crippen LogP contribution is -1.88. The van der Waals surface area contributed by atoms with Crippen molar-refractivity contribution in [1.82, 2.24) is 2.78 Å². The van der Waals surface area contributed by atoms with E-state index in [1.165, 1.54) is 16.0 Å². The molecule has 0 radical (unpaired) electrons. The Kier molecular flexibility index (Phi) is 2.52. The van der Waals surface area contributed by atoms with Gasteiger partial charge in [0.1, 0.15) is 23.3 Å². The lowest BCUT2D eigenvalue weighted by atomic mass is 10.2. The first-order valence-corrected chi connectivity index (χ1v) is 5.09. The molecule has 2 aromatic rings. The quantitative estimate of drug-likeness (QED) is 0.759. The van der Waals surface area contributed by atoms with Crippen molar-refractivity contribution < 1.29 is 9.13 Å². The van der Waals surface area contributed by atoms with Crippen LogP contribution in [0.5, 0.6) is 5.75 Å². The molecule has 0 saturated carbocycles. The van der Waals surface area contributed by atoms with Crippen molar-refractivity contribution in [3.8, 4) is 11.8 Å². The first-order chi connectivity index (χ1) is 7.19. The van der Waals surface area contributed by atoms with Gasteiger partial charge in [-0.1, -0.05) is 0 Å². The highest BCUT2D eigenvalue weighted by Gasteiger charge is 2.14. The van der Waals surface area contributed by atoms with Gasteiger partial charge >= 0.3 is 0 Å². The summed E-state index contributed by atoms with van der Waals surface area (Å²) < 4.78 is 20.1. The summed E-state index contributed by atoms with van der Waals surface area (Å²) in [6.07, 6.45) is 0. The highest BCUT2D eigenvalue weighted by atomic mass is 127. The second kappa shape index (κ2) is 3.70. The highest BCUT2D eigenvalue weighted by Crippen LogP contribution is 2.31. The number of halogens is 2. The molecule has 0 N–H and O–H groups in total. The Morgan fingerprint density at radius 3 is 2.87 bits per heavy atom. The summed E-state index contributed by atoms with van der Waals surface area (Å²) in [7, 11) is 1.52. The van der Waals surface area contributed by atoms with Crippen molar-refractivity contribution in [2.24, 2.45) is 0 Å². The van der Waals surface area contributed by atoms with E-state index in [-0.39, 0.29) is 5.82 Å². The molecular weight excluding hydrogens is 310 g/mol. The molecule has 0 aliphatic heterocycles. The number of hydrogen-bond donors (Lipinski definition) is 0. The molecule has 0 bridgehead atoms. The SMILES string of the molecule is COc1ccc(F)c2c1cc(C#N)n2I. The molecule has 0 aliphatic carbocycles. The van der Waals surface area contributed by atoms with Gasteiger partial charge in [0, 0.05) is 5.39 Å². The summed E-state index contributed by atoms with van der Waals surface area (Å²) in [4.78, 5) is 0. The minimum atomic E-state index is -0.360. The van der Waals surface area contributed by atoms with Gasteiger partial charge < -0.3 is 4.74 Å². The number of aromatic nitrogens is 1. The molecule has 2 rings (SSSR count). The number of benzene rings is 1. The maximum Gasteiger partial charge on any atom is 0.148 e. The molecule has 0 atom stereocenters. The Labute approximate surface area is 99.6 Å². The number of rotatable bonds is 1. The number of ether oxygens (including phenoxy) is 1. The third-order valence-electron chi connectivity index (χ3n) is 2.15. The summed E-state index contributed by atoms with van der Waals surface area (Å²) >= 11 is 1.89. The molecule has 1 aromatic carbocycles. The van der Waals surface area contributed by atoms with Gasteiger partial charge in [0.05, 0.1) is 35.5 Å². The fourth-order valence-electron chi connectivity index (χ4n) is 1.47. The van der Waals surface area contributed by atoms with Crippen molar-refractivity contribution in [3.05, 3.63) is 29.7 Å². The minimum absolute atomic E-state index is 0.360. The molecule has 0 aliphatic rings. The van der Waals surface area contributed by atoms with E-state index in [1.807, 2.05) is 28.9 Å².